The van der Waals surface area contributed by atoms with Crippen LogP contribution >= 0.6 is 11.6 Å². The first kappa shape index (κ1) is 14.0. The number of benzene rings is 1. The minimum Gasteiger partial charge on any atom is -0.325 e. The van der Waals surface area contributed by atoms with Gasteiger partial charge in [-0.1, -0.05) is 17.7 Å². The molecule has 1 aliphatic rings. The second-order valence-electron chi connectivity index (χ2n) is 4.83. The molecule has 102 valence electrons. The summed E-state index contributed by atoms with van der Waals surface area (Å²) in [6.45, 7) is 1.86. The Morgan fingerprint density at radius 1 is 1.53 bits per heavy atom. The van der Waals surface area contributed by atoms with Crippen molar-refractivity contribution >= 4 is 29.5 Å². The third-order valence-corrected chi connectivity index (χ3v) is 3.45. The van der Waals surface area contributed by atoms with E-state index >= 15 is 0 Å². The maximum Gasteiger partial charge on any atom is 0.238 e. The van der Waals surface area contributed by atoms with Gasteiger partial charge in [0, 0.05) is 23.2 Å². The fourth-order valence-electron chi connectivity index (χ4n) is 2.32. The molecule has 1 aromatic carbocycles. The standard InChI is InChI=1S/C14H17ClN2O2/c15-12-4-1-5-13(7-12)16-14(19)9-17-6-2-3-11(8-17)10-18/h1,4-5,7,10-11H,2-3,6,8-9H2,(H,16,19). The highest BCUT2D eigenvalue weighted by Gasteiger charge is 2.20. The van der Waals surface area contributed by atoms with Crippen LogP contribution in [-0.4, -0.2) is 36.7 Å². The van der Waals surface area contributed by atoms with Gasteiger partial charge >= 0.3 is 0 Å². The van der Waals surface area contributed by atoms with Crippen LogP contribution in [0, 0.1) is 5.92 Å². The molecule has 0 bridgehead atoms. The molecule has 1 aliphatic heterocycles. The highest BCUT2D eigenvalue weighted by Crippen LogP contribution is 2.16. The minimum atomic E-state index is -0.0752. The summed E-state index contributed by atoms with van der Waals surface area (Å²) in [5.74, 6) is -0.0125. The van der Waals surface area contributed by atoms with Gasteiger partial charge in [0.15, 0.2) is 0 Å². The van der Waals surface area contributed by atoms with Crippen molar-refractivity contribution in [2.75, 3.05) is 25.0 Å². The molecule has 1 N–H and O–H groups in total. The zero-order chi connectivity index (χ0) is 13.7. The molecule has 1 saturated heterocycles. The molecule has 4 nitrogen and oxygen atoms in total. The number of rotatable bonds is 4. The summed E-state index contributed by atoms with van der Waals surface area (Å²) >= 11 is 5.86. The van der Waals surface area contributed by atoms with Gasteiger partial charge in [-0.15, -0.1) is 0 Å². The van der Waals surface area contributed by atoms with Gasteiger partial charge in [-0.25, -0.2) is 0 Å². The number of hydrogen-bond donors (Lipinski definition) is 1. The fourth-order valence-corrected chi connectivity index (χ4v) is 2.51. The van der Waals surface area contributed by atoms with E-state index in [1.54, 1.807) is 24.3 Å². The van der Waals surface area contributed by atoms with Crippen LogP contribution in [0.15, 0.2) is 24.3 Å². The molecule has 0 radical (unpaired) electrons. The molecule has 1 fully saturated rings. The Bertz CT molecular complexity index is 465. The molecule has 1 amide bonds. The van der Waals surface area contributed by atoms with Gasteiger partial charge in [0.2, 0.25) is 5.91 Å². The Morgan fingerprint density at radius 3 is 3.11 bits per heavy atom. The molecule has 1 atom stereocenters. The van der Waals surface area contributed by atoms with E-state index in [2.05, 4.69) is 5.32 Å². The Kier molecular flexibility index (Phi) is 4.93. The lowest BCUT2D eigenvalue weighted by molar-refractivity contribution is -0.119. The quantitative estimate of drug-likeness (QED) is 0.860. The molecular formula is C14H17ClN2O2. The van der Waals surface area contributed by atoms with Crippen molar-refractivity contribution in [3.8, 4) is 0 Å². The summed E-state index contributed by atoms with van der Waals surface area (Å²) in [5, 5.41) is 3.40. The maximum absolute atomic E-state index is 11.9. The predicted octanol–water partition coefficient (Wildman–Crippen LogP) is 2.19. The zero-order valence-corrected chi connectivity index (χ0v) is 11.4. The van der Waals surface area contributed by atoms with Crippen molar-refractivity contribution in [2.45, 2.75) is 12.8 Å². The van der Waals surface area contributed by atoms with E-state index in [1.165, 1.54) is 0 Å². The van der Waals surface area contributed by atoms with Gasteiger partial charge in [-0.05, 0) is 37.6 Å². The van der Waals surface area contributed by atoms with E-state index < -0.39 is 0 Å². The van der Waals surface area contributed by atoms with Gasteiger partial charge < -0.3 is 10.1 Å². The SMILES string of the molecule is O=CC1CCCN(CC(=O)Nc2cccc(Cl)c2)C1. The fraction of sp³-hybridized carbons (Fsp3) is 0.429. The summed E-state index contributed by atoms with van der Waals surface area (Å²) in [4.78, 5) is 24.7. The summed E-state index contributed by atoms with van der Waals surface area (Å²) in [5.41, 5.74) is 0.696. The van der Waals surface area contributed by atoms with Crippen LogP contribution < -0.4 is 5.32 Å². The van der Waals surface area contributed by atoms with Crippen molar-refractivity contribution in [1.29, 1.82) is 0 Å². The van der Waals surface area contributed by atoms with Crippen molar-refractivity contribution in [2.24, 2.45) is 5.92 Å². The third kappa shape index (κ3) is 4.33. The largest absolute Gasteiger partial charge is 0.325 e. The summed E-state index contributed by atoms with van der Waals surface area (Å²) in [6.07, 6.45) is 2.88. The monoisotopic (exact) mass is 280 g/mol. The second kappa shape index (κ2) is 6.68. The molecule has 1 heterocycles. The number of piperidine rings is 1. The van der Waals surface area contributed by atoms with Crippen LogP contribution in [0.2, 0.25) is 5.02 Å². The number of hydrogen-bond acceptors (Lipinski definition) is 3. The van der Waals surface area contributed by atoms with Crippen LogP contribution in [0.25, 0.3) is 0 Å². The van der Waals surface area contributed by atoms with Crippen LogP contribution in [0.3, 0.4) is 0 Å². The molecule has 0 aliphatic carbocycles. The maximum atomic E-state index is 11.9. The summed E-state index contributed by atoms with van der Waals surface area (Å²) in [6, 6.07) is 7.07. The molecule has 2 rings (SSSR count). The van der Waals surface area contributed by atoms with Gasteiger partial charge in [-0.2, -0.15) is 0 Å². The van der Waals surface area contributed by atoms with Crippen molar-refractivity contribution in [3.63, 3.8) is 0 Å². The summed E-state index contributed by atoms with van der Waals surface area (Å²) in [7, 11) is 0. The molecule has 0 aromatic heterocycles. The third-order valence-electron chi connectivity index (χ3n) is 3.21. The van der Waals surface area contributed by atoms with E-state index in [4.69, 9.17) is 11.6 Å². The van der Waals surface area contributed by atoms with Gasteiger partial charge in [-0.3, -0.25) is 9.69 Å². The topological polar surface area (TPSA) is 49.4 Å². The van der Waals surface area contributed by atoms with Crippen molar-refractivity contribution in [1.82, 2.24) is 4.90 Å². The number of amides is 1. The number of nitrogens with one attached hydrogen (secondary N) is 1. The second-order valence-corrected chi connectivity index (χ2v) is 5.27. The first-order valence-corrected chi connectivity index (χ1v) is 6.78. The van der Waals surface area contributed by atoms with Crippen LogP contribution in [-0.2, 0) is 9.59 Å². The average molecular weight is 281 g/mol. The highest BCUT2D eigenvalue weighted by molar-refractivity contribution is 6.30. The molecule has 1 aromatic rings. The minimum absolute atomic E-state index is 0.0627. The number of carbonyl (C=O) groups is 2. The van der Waals surface area contributed by atoms with E-state index in [1.807, 2.05) is 4.90 Å². The van der Waals surface area contributed by atoms with Gasteiger partial charge in [0.1, 0.15) is 6.29 Å². The normalized spacial score (nSPS) is 19.9. The Balaban J connectivity index is 1.85. The molecule has 5 heteroatoms. The van der Waals surface area contributed by atoms with Crippen molar-refractivity contribution in [3.05, 3.63) is 29.3 Å². The lowest BCUT2D eigenvalue weighted by Crippen LogP contribution is -2.40. The highest BCUT2D eigenvalue weighted by atomic mass is 35.5. The van der Waals surface area contributed by atoms with Gasteiger partial charge in [0.05, 0.1) is 6.54 Å². The van der Waals surface area contributed by atoms with Crippen LogP contribution in [0.4, 0.5) is 5.69 Å². The average Bonchev–Trinajstić information content (AvgIpc) is 2.38. The molecule has 1 unspecified atom stereocenters. The first-order chi connectivity index (χ1) is 9.17. The Morgan fingerprint density at radius 2 is 2.37 bits per heavy atom. The lowest BCUT2D eigenvalue weighted by atomic mass is 10.00. The lowest BCUT2D eigenvalue weighted by Gasteiger charge is -2.29. The number of halogens is 1. The van der Waals surface area contributed by atoms with Crippen LogP contribution in [0.5, 0.6) is 0 Å². The van der Waals surface area contributed by atoms with E-state index in [0.717, 1.165) is 25.7 Å². The zero-order valence-electron chi connectivity index (χ0n) is 10.6. The van der Waals surface area contributed by atoms with Gasteiger partial charge in [0.25, 0.3) is 0 Å². The van der Waals surface area contributed by atoms with Crippen molar-refractivity contribution < 1.29 is 9.59 Å². The van der Waals surface area contributed by atoms with Crippen LogP contribution in [0.1, 0.15) is 12.8 Å². The predicted molar refractivity (Wildman–Crippen MR) is 75.3 cm³/mol. The number of anilines is 1. The van der Waals surface area contributed by atoms with E-state index in [9.17, 15) is 9.59 Å². The van der Waals surface area contributed by atoms with E-state index in [-0.39, 0.29) is 11.8 Å². The molecule has 0 saturated carbocycles. The Hall–Kier alpha value is -1.39. The molecule has 0 spiro atoms. The summed E-state index contributed by atoms with van der Waals surface area (Å²) < 4.78 is 0. The molecule has 19 heavy (non-hydrogen) atoms. The first-order valence-electron chi connectivity index (χ1n) is 6.40. The number of aldehydes is 1. The number of carbonyl (C=O) groups excluding carboxylic acids is 2. The molecular weight excluding hydrogens is 264 g/mol. The number of likely N-dealkylation sites (tertiary alicyclic amines) is 1. The Labute approximate surface area is 117 Å². The van der Waals surface area contributed by atoms with E-state index in [0.29, 0.717) is 23.8 Å². The smallest absolute Gasteiger partial charge is 0.238 e. The number of nitrogens with zero attached hydrogens (tertiary/aromatic N) is 1.